The lowest BCUT2D eigenvalue weighted by molar-refractivity contribution is -0.123. The van der Waals surface area contributed by atoms with Crippen LogP contribution in [0.15, 0.2) is 42.0 Å². The summed E-state index contributed by atoms with van der Waals surface area (Å²) in [7, 11) is 0. The minimum atomic E-state index is 0.0708. The van der Waals surface area contributed by atoms with Crippen LogP contribution >= 0.6 is 11.3 Å². The highest BCUT2D eigenvalue weighted by atomic mass is 32.1. The molecule has 4 heterocycles. The zero-order valence-electron chi connectivity index (χ0n) is 14.1. The molecule has 2 aliphatic rings. The van der Waals surface area contributed by atoms with Crippen LogP contribution in [0.4, 0.5) is 0 Å². The minimum absolute atomic E-state index is 0.0708. The lowest BCUT2D eigenvalue weighted by atomic mass is 10.0. The topological polar surface area (TPSA) is 54.5 Å². The number of ether oxygens (including phenoxy) is 1. The average molecular weight is 357 g/mol. The molecule has 1 amide bonds. The molecule has 0 aromatic carbocycles. The second-order valence-electron chi connectivity index (χ2n) is 6.90. The van der Waals surface area contributed by atoms with Gasteiger partial charge in [-0.15, -0.1) is 11.3 Å². The van der Waals surface area contributed by atoms with E-state index in [1.165, 1.54) is 10.4 Å². The predicted molar refractivity (Wildman–Crippen MR) is 97.1 cm³/mol. The molecule has 132 valence electrons. The molecule has 25 heavy (non-hydrogen) atoms. The standard InChI is InChI=1S/C19H23N3O2S/c23-19(21-10-17-2-1-7-25-17)9-16-8-15-12-22(13-18(15)24-16)11-14-3-5-20-6-4-14/h1-7,15-16,18H,8-13H2,(H,21,23)/t15-,16+,18+/m1/s1. The van der Waals surface area contributed by atoms with Crippen molar-refractivity contribution < 1.29 is 9.53 Å². The van der Waals surface area contributed by atoms with Crippen LogP contribution in [0.3, 0.4) is 0 Å². The molecule has 0 spiro atoms. The first-order valence-electron chi connectivity index (χ1n) is 8.82. The second kappa shape index (κ2) is 7.64. The van der Waals surface area contributed by atoms with Crippen molar-refractivity contribution in [3.05, 3.63) is 52.5 Å². The molecule has 2 fully saturated rings. The van der Waals surface area contributed by atoms with Gasteiger partial charge in [0.2, 0.25) is 5.91 Å². The predicted octanol–water partition coefficient (Wildman–Crippen LogP) is 2.44. The zero-order chi connectivity index (χ0) is 17.1. The third-order valence-corrected chi connectivity index (χ3v) is 5.87. The fourth-order valence-electron chi connectivity index (χ4n) is 3.83. The number of carbonyl (C=O) groups is 1. The molecule has 2 aliphatic heterocycles. The first kappa shape index (κ1) is 16.7. The second-order valence-corrected chi connectivity index (χ2v) is 7.93. The number of thiophene rings is 1. The highest BCUT2D eigenvalue weighted by molar-refractivity contribution is 7.09. The fraction of sp³-hybridized carbons (Fsp3) is 0.474. The van der Waals surface area contributed by atoms with Crippen molar-refractivity contribution in [1.29, 1.82) is 0 Å². The van der Waals surface area contributed by atoms with Crippen LogP contribution in [0, 0.1) is 5.92 Å². The van der Waals surface area contributed by atoms with Gasteiger partial charge in [0.25, 0.3) is 0 Å². The van der Waals surface area contributed by atoms with Gasteiger partial charge in [-0.2, -0.15) is 0 Å². The molecule has 0 aliphatic carbocycles. The van der Waals surface area contributed by atoms with Crippen LogP contribution in [0.5, 0.6) is 0 Å². The van der Waals surface area contributed by atoms with Crippen LogP contribution < -0.4 is 5.32 Å². The average Bonchev–Trinajstić information content (AvgIpc) is 3.30. The molecule has 0 radical (unpaired) electrons. The van der Waals surface area contributed by atoms with E-state index in [1.54, 1.807) is 11.3 Å². The molecule has 5 nitrogen and oxygen atoms in total. The number of likely N-dealkylation sites (tertiary alicyclic amines) is 1. The molecule has 1 N–H and O–H groups in total. The van der Waals surface area contributed by atoms with Crippen LogP contribution in [0.25, 0.3) is 0 Å². The van der Waals surface area contributed by atoms with E-state index in [0.717, 1.165) is 26.1 Å². The Morgan fingerprint density at radius 2 is 2.20 bits per heavy atom. The lowest BCUT2D eigenvalue weighted by Gasteiger charge is -2.19. The Morgan fingerprint density at radius 1 is 1.32 bits per heavy atom. The minimum Gasteiger partial charge on any atom is -0.373 e. The van der Waals surface area contributed by atoms with Crippen molar-refractivity contribution in [2.24, 2.45) is 5.92 Å². The lowest BCUT2D eigenvalue weighted by Crippen LogP contribution is -2.29. The maximum absolute atomic E-state index is 12.1. The summed E-state index contributed by atoms with van der Waals surface area (Å²) in [6, 6.07) is 8.18. The third-order valence-electron chi connectivity index (χ3n) is 5.00. The molecular formula is C19H23N3O2S. The summed E-state index contributed by atoms with van der Waals surface area (Å²) < 4.78 is 6.15. The number of hydrogen-bond donors (Lipinski definition) is 1. The molecule has 0 saturated carbocycles. The van der Waals surface area contributed by atoms with Crippen LogP contribution in [-0.4, -0.2) is 41.1 Å². The molecule has 2 aromatic rings. The van der Waals surface area contributed by atoms with Gasteiger partial charge in [0.1, 0.15) is 0 Å². The van der Waals surface area contributed by atoms with Crippen molar-refractivity contribution in [1.82, 2.24) is 15.2 Å². The Bertz CT molecular complexity index is 678. The highest BCUT2D eigenvalue weighted by Crippen LogP contribution is 2.34. The van der Waals surface area contributed by atoms with Gasteiger partial charge in [-0.1, -0.05) is 6.07 Å². The summed E-state index contributed by atoms with van der Waals surface area (Å²) in [5, 5.41) is 5.02. The van der Waals surface area contributed by atoms with E-state index in [-0.39, 0.29) is 18.1 Å². The van der Waals surface area contributed by atoms with E-state index in [9.17, 15) is 4.79 Å². The highest BCUT2D eigenvalue weighted by Gasteiger charge is 2.42. The van der Waals surface area contributed by atoms with E-state index in [0.29, 0.717) is 18.9 Å². The summed E-state index contributed by atoms with van der Waals surface area (Å²) >= 11 is 1.67. The van der Waals surface area contributed by atoms with Gasteiger partial charge in [-0.05, 0) is 35.6 Å². The van der Waals surface area contributed by atoms with Crippen LogP contribution in [0.2, 0.25) is 0 Å². The molecule has 3 atom stereocenters. The Hall–Kier alpha value is -1.76. The normalized spacial score (nSPS) is 25.8. The van der Waals surface area contributed by atoms with Crippen molar-refractivity contribution >= 4 is 17.2 Å². The number of nitrogens with one attached hydrogen (secondary N) is 1. The van der Waals surface area contributed by atoms with Gasteiger partial charge in [-0.3, -0.25) is 14.7 Å². The van der Waals surface area contributed by atoms with Crippen molar-refractivity contribution in [3.8, 4) is 0 Å². The van der Waals surface area contributed by atoms with Crippen molar-refractivity contribution in [3.63, 3.8) is 0 Å². The van der Waals surface area contributed by atoms with E-state index >= 15 is 0 Å². The van der Waals surface area contributed by atoms with Gasteiger partial charge in [0.05, 0.1) is 25.2 Å². The van der Waals surface area contributed by atoms with E-state index in [2.05, 4.69) is 27.3 Å². The third kappa shape index (κ3) is 4.26. The monoisotopic (exact) mass is 357 g/mol. The molecule has 4 rings (SSSR count). The smallest absolute Gasteiger partial charge is 0.222 e. The van der Waals surface area contributed by atoms with Gasteiger partial charge in [-0.25, -0.2) is 0 Å². The first-order valence-corrected chi connectivity index (χ1v) is 9.70. The molecule has 2 saturated heterocycles. The SMILES string of the molecule is O=C(C[C@@H]1C[C@@H]2CN(Cc3ccncc3)C[C@@H]2O1)NCc1cccs1. The number of rotatable bonds is 6. The van der Waals surface area contributed by atoms with Crippen LogP contribution in [-0.2, 0) is 22.6 Å². The number of amides is 1. The van der Waals surface area contributed by atoms with Gasteiger partial charge in [0, 0.05) is 42.8 Å². The van der Waals surface area contributed by atoms with E-state index in [4.69, 9.17) is 4.74 Å². The van der Waals surface area contributed by atoms with E-state index < -0.39 is 0 Å². The number of carbonyl (C=O) groups excluding carboxylic acids is 1. The Kier molecular flexibility index (Phi) is 5.10. The number of hydrogen-bond acceptors (Lipinski definition) is 5. The van der Waals surface area contributed by atoms with Gasteiger partial charge in [0.15, 0.2) is 0 Å². The van der Waals surface area contributed by atoms with Crippen molar-refractivity contribution in [2.45, 2.75) is 38.1 Å². The Balaban J connectivity index is 1.20. The first-order chi connectivity index (χ1) is 12.3. The number of fused-ring (bicyclic) bond motifs is 1. The van der Waals surface area contributed by atoms with Crippen LogP contribution in [0.1, 0.15) is 23.3 Å². The number of pyridine rings is 1. The summed E-state index contributed by atoms with van der Waals surface area (Å²) in [4.78, 5) is 19.8. The summed E-state index contributed by atoms with van der Waals surface area (Å²) in [6.45, 7) is 3.58. The number of nitrogens with zero attached hydrogens (tertiary/aromatic N) is 2. The largest absolute Gasteiger partial charge is 0.373 e. The number of aromatic nitrogens is 1. The Morgan fingerprint density at radius 3 is 2.96 bits per heavy atom. The maximum atomic E-state index is 12.1. The van der Waals surface area contributed by atoms with Crippen molar-refractivity contribution in [2.75, 3.05) is 13.1 Å². The van der Waals surface area contributed by atoms with E-state index in [1.807, 2.05) is 29.9 Å². The maximum Gasteiger partial charge on any atom is 0.222 e. The van der Waals surface area contributed by atoms with Gasteiger partial charge >= 0.3 is 0 Å². The molecule has 6 heteroatoms. The zero-order valence-corrected chi connectivity index (χ0v) is 15.0. The summed E-state index contributed by atoms with van der Waals surface area (Å²) in [5.41, 5.74) is 1.29. The molecule has 0 bridgehead atoms. The quantitative estimate of drug-likeness (QED) is 0.863. The molecule has 2 aromatic heterocycles. The molecular weight excluding hydrogens is 334 g/mol. The molecule has 0 unspecified atom stereocenters. The fourth-order valence-corrected chi connectivity index (χ4v) is 4.48. The summed E-state index contributed by atoms with van der Waals surface area (Å²) in [5.74, 6) is 0.643. The summed E-state index contributed by atoms with van der Waals surface area (Å²) in [6.07, 6.45) is 5.49. The van der Waals surface area contributed by atoms with Gasteiger partial charge < -0.3 is 10.1 Å². The Labute approximate surface area is 152 Å².